The number of amides is 2. The van der Waals surface area contributed by atoms with Crippen molar-refractivity contribution in [3.63, 3.8) is 0 Å². The molecule has 1 aliphatic heterocycles. The van der Waals surface area contributed by atoms with E-state index >= 15 is 0 Å². The highest BCUT2D eigenvalue weighted by Crippen LogP contribution is 2.37. The summed E-state index contributed by atoms with van der Waals surface area (Å²) in [6.45, 7) is 5.30. The number of hydrogen-bond donors (Lipinski definition) is 1. The number of pyridine rings is 1. The van der Waals surface area contributed by atoms with Crippen molar-refractivity contribution in [2.75, 3.05) is 0 Å². The van der Waals surface area contributed by atoms with Gasteiger partial charge in [0.2, 0.25) is 11.8 Å². The smallest absolute Gasteiger partial charge is 0.296 e. The monoisotopic (exact) mass is 314 g/mol. The summed E-state index contributed by atoms with van der Waals surface area (Å²) >= 11 is 0. The molecule has 1 saturated heterocycles. The first-order valence-corrected chi connectivity index (χ1v) is 6.92. The Bertz CT molecular complexity index is 618. The van der Waals surface area contributed by atoms with E-state index in [0.29, 0.717) is 5.69 Å². The predicted octanol–water partition coefficient (Wildman–Crippen LogP) is 2.92. The highest BCUT2D eigenvalue weighted by Gasteiger charge is 2.41. The fourth-order valence-electron chi connectivity index (χ4n) is 2.39. The molecule has 1 atom stereocenters. The van der Waals surface area contributed by atoms with E-state index in [1.165, 1.54) is 12.1 Å². The SMILES string of the molecule is CC(C)(C)c1ccc(C2CCC(=O)NC2=O)c(C(F)(F)F)n1. The molecular formula is C15H17F3N2O2. The zero-order valence-corrected chi connectivity index (χ0v) is 12.5. The third-order valence-electron chi connectivity index (χ3n) is 3.58. The van der Waals surface area contributed by atoms with E-state index in [1.54, 1.807) is 20.8 Å². The molecule has 0 aliphatic carbocycles. The van der Waals surface area contributed by atoms with Crippen molar-refractivity contribution in [1.82, 2.24) is 10.3 Å². The largest absolute Gasteiger partial charge is 0.433 e. The second-order valence-electron chi connectivity index (χ2n) is 6.39. The lowest BCUT2D eigenvalue weighted by Gasteiger charge is -2.26. The molecule has 1 aromatic heterocycles. The second kappa shape index (κ2) is 5.37. The van der Waals surface area contributed by atoms with Crippen LogP contribution in [0.1, 0.15) is 56.5 Å². The maximum atomic E-state index is 13.3. The molecule has 2 heterocycles. The normalized spacial score (nSPS) is 20.0. The third kappa shape index (κ3) is 3.28. The van der Waals surface area contributed by atoms with Gasteiger partial charge in [0.15, 0.2) is 0 Å². The number of imide groups is 1. The van der Waals surface area contributed by atoms with Gasteiger partial charge in [-0.2, -0.15) is 13.2 Å². The summed E-state index contributed by atoms with van der Waals surface area (Å²) in [6.07, 6.45) is -4.57. The number of aromatic nitrogens is 1. The minimum atomic E-state index is -4.65. The first-order chi connectivity index (χ1) is 10.00. The van der Waals surface area contributed by atoms with Crippen molar-refractivity contribution >= 4 is 11.8 Å². The molecule has 1 aliphatic rings. The Morgan fingerprint density at radius 3 is 2.32 bits per heavy atom. The van der Waals surface area contributed by atoms with E-state index in [-0.39, 0.29) is 18.4 Å². The average molecular weight is 314 g/mol. The van der Waals surface area contributed by atoms with Crippen LogP contribution in [0, 0.1) is 0 Å². The van der Waals surface area contributed by atoms with Crippen LogP contribution in [-0.2, 0) is 21.2 Å². The first kappa shape index (κ1) is 16.5. The van der Waals surface area contributed by atoms with Crippen LogP contribution < -0.4 is 5.32 Å². The van der Waals surface area contributed by atoms with Crippen LogP contribution in [0.2, 0.25) is 0 Å². The van der Waals surface area contributed by atoms with Crippen LogP contribution in [0.25, 0.3) is 0 Å². The van der Waals surface area contributed by atoms with Gasteiger partial charge in [0.05, 0.1) is 5.92 Å². The van der Waals surface area contributed by atoms with Gasteiger partial charge in [0, 0.05) is 17.5 Å². The van der Waals surface area contributed by atoms with E-state index < -0.39 is 35.0 Å². The molecule has 1 fully saturated rings. The van der Waals surface area contributed by atoms with Gasteiger partial charge in [-0.3, -0.25) is 14.9 Å². The van der Waals surface area contributed by atoms with Crippen LogP contribution in [0.3, 0.4) is 0 Å². The number of carbonyl (C=O) groups excluding carboxylic acids is 2. The minimum Gasteiger partial charge on any atom is -0.296 e. The van der Waals surface area contributed by atoms with Crippen LogP contribution in [-0.4, -0.2) is 16.8 Å². The van der Waals surface area contributed by atoms with Crippen molar-refractivity contribution in [1.29, 1.82) is 0 Å². The van der Waals surface area contributed by atoms with E-state index in [0.717, 1.165) is 0 Å². The summed E-state index contributed by atoms with van der Waals surface area (Å²) in [7, 11) is 0. The highest BCUT2D eigenvalue weighted by atomic mass is 19.4. The topological polar surface area (TPSA) is 59.1 Å². The van der Waals surface area contributed by atoms with Gasteiger partial charge in [-0.05, 0) is 18.1 Å². The van der Waals surface area contributed by atoms with Crippen LogP contribution in [0.5, 0.6) is 0 Å². The van der Waals surface area contributed by atoms with Gasteiger partial charge in [-0.25, -0.2) is 4.98 Å². The molecule has 7 heteroatoms. The molecule has 1 aromatic rings. The number of halogens is 3. The third-order valence-corrected chi connectivity index (χ3v) is 3.58. The predicted molar refractivity (Wildman–Crippen MR) is 73.1 cm³/mol. The van der Waals surface area contributed by atoms with Gasteiger partial charge >= 0.3 is 6.18 Å². The van der Waals surface area contributed by atoms with Crippen molar-refractivity contribution in [3.8, 4) is 0 Å². The molecule has 1 N–H and O–H groups in total. The number of nitrogens with one attached hydrogen (secondary N) is 1. The molecule has 1 unspecified atom stereocenters. The Kier molecular flexibility index (Phi) is 4.02. The van der Waals surface area contributed by atoms with Crippen molar-refractivity contribution in [3.05, 3.63) is 29.1 Å². The molecule has 2 rings (SSSR count). The molecule has 4 nitrogen and oxygen atoms in total. The molecule has 2 amide bonds. The first-order valence-electron chi connectivity index (χ1n) is 6.92. The summed E-state index contributed by atoms with van der Waals surface area (Å²) in [5.74, 6) is -2.17. The van der Waals surface area contributed by atoms with Gasteiger partial charge in [0.25, 0.3) is 0 Å². The van der Waals surface area contributed by atoms with Gasteiger partial charge < -0.3 is 0 Å². The maximum absolute atomic E-state index is 13.3. The number of piperidine rings is 1. The lowest BCUT2D eigenvalue weighted by molar-refractivity contribution is -0.142. The standard InChI is InChI=1S/C15H17F3N2O2/c1-14(2,3)10-6-4-8(12(19-10)15(16,17)18)9-5-7-11(21)20-13(9)22/h4,6,9H,5,7H2,1-3H3,(H,20,21,22). The van der Waals surface area contributed by atoms with E-state index in [2.05, 4.69) is 10.3 Å². The average Bonchev–Trinajstić information content (AvgIpc) is 2.36. The van der Waals surface area contributed by atoms with Crippen molar-refractivity contribution < 1.29 is 22.8 Å². The Labute approximate surface area is 126 Å². The molecule has 0 saturated carbocycles. The summed E-state index contributed by atoms with van der Waals surface area (Å²) in [4.78, 5) is 26.7. The Hall–Kier alpha value is -1.92. The van der Waals surface area contributed by atoms with Crippen LogP contribution in [0.4, 0.5) is 13.2 Å². The van der Waals surface area contributed by atoms with Gasteiger partial charge in [0.1, 0.15) is 5.69 Å². The molecule has 0 radical (unpaired) electrons. The van der Waals surface area contributed by atoms with Crippen LogP contribution in [0.15, 0.2) is 12.1 Å². The summed E-state index contributed by atoms with van der Waals surface area (Å²) < 4.78 is 39.9. The van der Waals surface area contributed by atoms with E-state index in [9.17, 15) is 22.8 Å². The molecule has 22 heavy (non-hydrogen) atoms. The Morgan fingerprint density at radius 1 is 1.18 bits per heavy atom. The Balaban J connectivity index is 2.52. The number of rotatable bonds is 1. The second-order valence-corrected chi connectivity index (χ2v) is 6.39. The molecule has 0 aromatic carbocycles. The molecule has 0 spiro atoms. The summed E-state index contributed by atoms with van der Waals surface area (Å²) in [5.41, 5.74) is -1.46. The molecular weight excluding hydrogens is 297 g/mol. The number of nitrogens with zero attached hydrogens (tertiary/aromatic N) is 1. The maximum Gasteiger partial charge on any atom is 0.433 e. The minimum absolute atomic E-state index is 0.0225. The Morgan fingerprint density at radius 2 is 1.82 bits per heavy atom. The number of alkyl halides is 3. The molecule has 120 valence electrons. The fourth-order valence-corrected chi connectivity index (χ4v) is 2.39. The summed E-state index contributed by atoms with van der Waals surface area (Å²) in [6, 6.07) is 2.81. The lowest BCUT2D eigenvalue weighted by atomic mass is 9.86. The van der Waals surface area contributed by atoms with Gasteiger partial charge in [-0.15, -0.1) is 0 Å². The number of carbonyl (C=O) groups is 2. The van der Waals surface area contributed by atoms with Gasteiger partial charge in [-0.1, -0.05) is 26.8 Å². The van der Waals surface area contributed by atoms with E-state index in [4.69, 9.17) is 0 Å². The number of hydrogen-bond acceptors (Lipinski definition) is 3. The highest BCUT2D eigenvalue weighted by molar-refractivity contribution is 6.01. The summed E-state index contributed by atoms with van der Waals surface area (Å²) in [5, 5.41) is 2.08. The zero-order valence-electron chi connectivity index (χ0n) is 12.5. The quantitative estimate of drug-likeness (QED) is 0.811. The van der Waals surface area contributed by atoms with Crippen molar-refractivity contribution in [2.24, 2.45) is 0 Å². The zero-order chi connectivity index (χ0) is 16.7. The fraction of sp³-hybridized carbons (Fsp3) is 0.533. The van der Waals surface area contributed by atoms with E-state index in [1.807, 2.05) is 0 Å². The van der Waals surface area contributed by atoms with Crippen molar-refractivity contribution in [2.45, 2.75) is 51.1 Å². The lowest BCUT2D eigenvalue weighted by Crippen LogP contribution is -2.40. The molecule has 0 bridgehead atoms. The van der Waals surface area contributed by atoms with Crippen LogP contribution >= 0.6 is 0 Å².